The van der Waals surface area contributed by atoms with Crippen LogP contribution in [-0.2, 0) is 9.53 Å². The van der Waals surface area contributed by atoms with E-state index in [1.54, 1.807) is 0 Å². The molecule has 3 rings (SSSR count). The summed E-state index contributed by atoms with van der Waals surface area (Å²) in [6, 6.07) is 10.5. The van der Waals surface area contributed by atoms with Crippen molar-refractivity contribution >= 4 is 29.7 Å². The number of benzene rings is 1. The molecular formula is C16H18N2O2S. The van der Waals surface area contributed by atoms with Crippen LogP contribution in [-0.4, -0.2) is 28.4 Å². The summed E-state index contributed by atoms with van der Waals surface area (Å²) in [5.41, 5.74) is 2.92. The highest BCUT2D eigenvalue weighted by atomic mass is 32.1. The molecule has 4 nitrogen and oxygen atoms in total. The van der Waals surface area contributed by atoms with Crippen molar-refractivity contribution in [1.82, 2.24) is 9.29 Å². The van der Waals surface area contributed by atoms with Gasteiger partial charge in [-0.2, -0.15) is 0 Å². The molecule has 2 aromatic rings. The summed E-state index contributed by atoms with van der Waals surface area (Å²) < 4.78 is 6.93. The van der Waals surface area contributed by atoms with Gasteiger partial charge in [0.2, 0.25) is 0 Å². The fourth-order valence-corrected chi connectivity index (χ4v) is 3.03. The number of rotatable bonds is 3. The Morgan fingerprint density at radius 2 is 2.29 bits per heavy atom. The van der Waals surface area contributed by atoms with Crippen LogP contribution in [0.2, 0.25) is 0 Å². The van der Waals surface area contributed by atoms with Crippen molar-refractivity contribution in [2.45, 2.75) is 19.4 Å². The molecule has 0 aliphatic carbocycles. The zero-order chi connectivity index (χ0) is 14.8. The Labute approximate surface area is 129 Å². The van der Waals surface area contributed by atoms with Gasteiger partial charge in [0.25, 0.3) is 0 Å². The lowest BCUT2D eigenvalue weighted by molar-refractivity contribution is -0.138. The average Bonchev–Trinajstić information content (AvgIpc) is 2.90. The van der Waals surface area contributed by atoms with Gasteiger partial charge >= 0.3 is 5.97 Å². The first-order chi connectivity index (χ1) is 10.2. The lowest BCUT2D eigenvalue weighted by Crippen LogP contribution is -2.29. The molecule has 5 heteroatoms. The van der Waals surface area contributed by atoms with Gasteiger partial charge in [-0.05, 0) is 30.9 Å². The second kappa shape index (κ2) is 5.95. The number of H-pyrrole nitrogens is 1. The Hall–Kier alpha value is -1.72. The van der Waals surface area contributed by atoms with E-state index < -0.39 is 0 Å². The number of thiol groups is 1. The highest BCUT2D eigenvalue weighted by molar-refractivity contribution is 7.77. The van der Waals surface area contributed by atoms with Crippen molar-refractivity contribution in [3.05, 3.63) is 47.7 Å². The first kappa shape index (κ1) is 14.2. The lowest BCUT2D eigenvalue weighted by atomic mass is 10.0. The molecule has 2 heterocycles. The summed E-state index contributed by atoms with van der Waals surface area (Å²) in [7, 11) is 0. The van der Waals surface area contributed by atoms with Crippen LogP contribution >= 0.6 is 12.8 Å². The van der Waals surface area contributed by atoms with Gasteiger partial charge in [0.1, 0.15) is 0 Å². The molecule has 0 amide bonds. The van der Waals surface area contributed by atoms with E-state index in [2.05, 4.69) is 36.0 Å². The van der Waals surface area contributed by atoms with Crippen molar-refractivity contribution < 1.29 is 9.53 Å². The number of carbonyl (C=O) groups is 1. The van der Waals surface area contributed by atoms with Gasteiger partial charge in [-0.3, -0.25) is 0 Å². The number of fused-ring (bicyclic) bond motifs is 1. The molecule has 1 aromatic heterocycles. The molecule has 1 unspecified atom stereocenters. The lowest BCUT2D eigenvalue weighted by Gasteiger charge is -2.29. The third-order valence-electron chi connectivity index (χ3n) is 3.73. The normalized spacial score (nSPS) is 19.5. The van der Waals surface area contributed by atoms with Gasteiger partial charge < -0.3 is 9.72 Å². The van der Waals surface area contributed by atoms with Crippen LogP contribution in [0.4, 0.5) is 0 Å². The second-order valence-electron chi connectivity index (χ2n) is 5.11. The minimum Gasteiger partial charge on any atom is -0.463 e. The molecule has 1 aliphatic rings. The maximum absolute atomic E-state index is 11.8. The maximum atomic E-state index is 11.8. The summed E-state index contributed by atoms with van der Waals surface area (Å²) in [5, 5.41) is 1.19. The summed E-state index contributed by atoms with van der Waals surface area (Å²) in [4.78, 5) is 15.2. The predicted octanol–water partition coefficient (Wildman–Crippen LogP) is 3.25. The summed E-state index contributed by atoms with van der Waals surface area (Å²) in [6.07, 6.45) is 2.70. The molecule has 0 saturated carbocycles. The molecule has 1 aliphatic heterocycles. The van der Waals surface area contributed by atoms with E-state index in [4.69, 9.17) is 4.74 Å². The Balaban J connectivity index is 1.82. The predicted molar refractivity (Wildman–Crippen MR) is 86.1 cm³/mol. The van der Waals surface area contributed by atoms with E-state index >= 15 is 0 Å². The number of para-hydroxylation sites is 1. The number of aromatic nitrogens is 1. The van der Waals surface area contributed by atoms with Crippen molar-refractivity contribution in [2.24, 2.45) is 0 Å². The average molecular weight is 302 g/mol. The van der Waals surface area contributed by atoms with Crippen LogP contribution in [0, 0.1) is 0 Å². The number of carbonyl (C=O) groups excluding carboxylic acids is 1. The SMILES string of the molecule is CCOC(=O)C1=CCC(c2cc3ccccc3[nH]2)N(S)C1. The molecular weight excluding hydrogens is 284 g/mol. The Bertz CT molecular complexity index is 659. The first-order valence-electron chi connectivity index (χ1n) is 7.08. The summed E-state index contributed by atoms with van der Waals surface area (Å²) >= 11 is 4.54. The zero-order valence-corrected chi connectivity index (χ0v) is 12.8. The number of aromatic amines is 1. The standard InChI is InChI=1S/C16H18N2O2S/c1-2-20-16(19)12-7-8-15(18(21)10-12)14-9-11-5-3-4-6-13(11)17-14/h3-7,9,15,17,21H,2,8,10H2,1H3. The number of nitrogens with zero attached hydrogens (tertiary/aromatic N) is 1. The molecule has 110 valence electrons. The minimum atomic E-state index is -0.244. The van der Waals surface area contributed by atoms with Gasteiger partial charge in [-0.25, -0.2) is 9.10 Å². The van der Waals surface area contributed by atoms with Crippen molar-refractivity contribution in [1.29, 1.82) is 0 Å². The van der Waals surface area contributed by atoms with E-state index in [0.717, 1.165) is 17.6 Å². The molecule has 0 bridgehead atoms. The van der Waals surface area contributed by atoms with Gasteiger partial charge in [0.05, 0.1) is 12.6 Å². The molecule has 1 aromatic carbocycles. The van der Waals surface area contributed by atoms with Crippen LogP contribution in [0.3, 0.4) is 0 Å². The van der Waals surface area contributed by atoms with E-state index in [1.165, 1.54) is 5.39 Å². The molecule has 0 spiro atoms. The van der Waals surface area contributed by atoms with E-state index in [0.29, 0.717) is 18.7 Å². The van der Waals surface area contributed by atoms with E-state index in [9.17, 15) is 4.79 Å². The van der Waals surface area contributed by atoms with Gasteiger partial charge in [0.15, 0.2) is 0 Å². The highest BCUT2D eigenvalue weighted by Gasteiger charge is 2.26. The maximum Gasteiger partial charge on any atom is 0.335 e. The van der Waals surface area contributed by atoms with Gasteiger partial charge in [0, 0.05) is 23.3 Å². The third-order valence-corrected chi connectivity index (χ3v) is 4.15. The molecule has 0 saturated heterocycles. The Morgan fingerprint density at radius 1 is 1.48 bits per heavy atom. The number of hydrogen-bond acceptors (Lipinski definition) is 4. The first-order valence-corrected chi connectivity index (χ1v) is 7.48. The largest absolute Gasteiger partial charge is 0.463 e. The van der Waals surface area contributed by atoms with Crippen molar-refractivity contribution in [3.8, 4) is 0 Å². The smallest absolute Gasteiger partial charge is 0.335 e. The van der Waals surface area contributed by atoms with Crippen molar-refractivity contribution in [2.75, 3.05) is 13.2 Å². The number of nitrogens with one attached hydrogen (secondary N) is 1. The van der Waals surface area contributed by atoms with Crippen LogP contribution in [0.5, 0.6) is 0 Å². The molecule has 0 radical (unpaired) electrons. The summed E-state index contributed by atoms with van der Waals surface area (Å²) in [5.74, 6) is -0.244. The van der Waals surface area contributed by atoms with E-state index in [1.807, 2.05) is 29.4 Å². The van der Waals surface area contributed by atoms with E-state index in [-0.39, 0.29) is 12.0 Å². The molecule has 1 atom stereocenters. The molecule has 1 N–H and O–H groups in total. The van der Waals surface area contributed by atoms with Crippen LogP contribution in [0.1, 0.15) is 25.1 Å². The molecule has 0 fully saturated rings. The van der Waals surface area contributed by atoms with Crippen LogP contribution in [0.15, 0.2) is 42.0 Å². The molecule has 21 heavy (non-hydrogen) atoms. The van der Waals surface area contributed by atoms with Crippen LogP contribution in [0.25, 0.3) is 10.9 Å². The van der Waals surface area contributed by atoms with Crippen molar-refractivity contribution in [3.63, 3.8) is 0 Å². The van der Waals surface area contributed by atoms with Crippen LogP contribution < -0.4 is 0 Å². The zero-order valence-electron chi connectivity index (χ0n) is 11.9. The Kier molecular flexibility index (Phi) is 4.03. The third kappa shape index (κ3) is 2.84. The monoisotopic (exact) mass is 302 g/mol. The minimum absolute atomic E-state index is 0.138. The quantitative estimate of drug-likeness (QED) is 0.676. The second-order valence-corrected chi connectivity index (χ2v) is 5.62. The number of esters is 1. The highest BCUT2D eigenvalue weighted by Crippen LogP contribution is 2.32. The fourth-order valence-electron chi connectivity index (χ4n) is 2.66. The van der Waals surface area contributed by atoms with Gasteiger partial charge in [-0.1, -0.05) is 37.1 Å². The summed E-state index contributed by atoms with van der Waals surface area (Å²) in [6.45, 7) is 2.70. The fraction of sp³-hybridized carbons (Fsp3) is 0.312. The Morgan fingerprint density at radius 3 is 3.00 bits per heavy atom. The van der Waals surface area contributed by atoms with Gasteiger partial charge in [-0.15, -0.1) is 0 Å². The number of hydrogen-bond donors (Lipinski definition) is 2. The topological polar surface area (TPSA) is 45.3 Å². The number of ether oxygens (including phenoxy) is 1.